The van der Waals surface area contributed by atoms with E-state index in [-0.39, 0.29) is 0 Å². The van der Waals surface area contributed by atoms with Crippen molar-refractivity contribution in [3.63, 3.8) is 0 Å². The molecule has 0 spiro atoms. The van der Waals surface area contributed by atoms with Crippen LogP contribution in [-0.2, 0) is 0 Å². The fourth-order valence-electron chi connectivity index (χ4n) is 2.63. The summed E-state index contributed by atoms with van der Waals surface area (Å²) in [7, 11) is 0. The summed E-state index contributed by atoms with van der Waals surface area (Å²) in [5, 5.41) is 2.51. The number of benzene rings is 2. The predicted molar refractivity (Wildman–Crippen MR) is 88.6 cm³/mol. The molecule has 0 aliphatic heterocycles. The van der Waals surface area contributed by atoms with Crippen LogP contribution >= 0.6 is 0 Å². The molecule has 1 nitrogen and oxygen atoms in total. The smallest absolute Gasteiger partial charge is 0.0474 e. The third-order valence-corrected chi connectivity index (χ3v) is 3.76. The fraction of sp³-hybridized carbons (Fsp3) is 0.421. The van der Waals surface area contributed by atoms with Crippen molar-refractivity contribution in [2.45, 2.75) is 52.5 Å². The van der Waals surface area contributed by atoms with Gasteiger partial charge in [0.05, 0.1) is 0 Å². The normalized spacial score (nSPS) is 13.7. The first-order valence-electron chi connectivity index (χ1n) is 7.66. The molecule has 0 amide bonds. The monoisotopic (exact) mass is 266 g/mol. The maximum Gasteiger partial charge on any atom is 0.0474 e. The van der Waals surface area contributed by atoms with Gasteiger partial charge >= 0.3 is 0 Å². The van der Waals surface area contributed by atoms with Crippen LogP contribution in [0.3, 0.4) is 0 Å². The summed E-state index contributed by atoms with van der Waals surface area (Å²) >= 11 is 0. The first-order chi connectivity index (χ1) is 9.72. The van der Waals surface area contributed by atoms with E-state index in [1.807, 2.05) is 6.07 Å². The zero-order chi connectivity index (χ0) is 14.4. The van der Waals surface area contributed by atoms with Crippen molar-refractivity contribution in [3.8, 4) is 0 Å². The molecular formula is C19H24N. The summed E-state index contributed by atoms with van der Waals surface area (Å²) in [5.41, 5.74) is 2.38. The molecule has 0 N–H and O–H groups in total. The van der Waals surface area contributed by atoms with E-state index >= 15 is 0 Å². The number of aliphatic imine (C=N–C) groups is 1. The van der Waals surface area contributed by atoms with Crippen molar-refractivity contribution in [2.75, 3.05) is 0 Å². The van der Waals surface area contributed by atoms with Gasteiger partial charge in [0.2, 0.25) is 0 Å². The van der Waals surface area contributed by atoms with Crippen LogP contribution in [0.1, 0.15) is 52.0 Å². The van der Waals surface area contributed by atoms with Crippen molar-refractivity contribution in [1.82, 2.24) is 0 Å². The topological polar surface area (TPSA) is 12.4 Å². The van der Waals surface area contributed by atoms with Crippen molar-refractivity contribution in [3.05, 3.63) is 48.0 Å². The lowest BCUT2D eigenvalue weighted by molar-refractivity contribution is 0.593. The van der Waals surface area contributed by atoms with E-state index in [1.165, 1.54) is 42.0 Å². The minimum Gasteiger partial charge on any atom is -0.286 e. The van der Waals surface area contributed by atoms with Crippen molar-refractivity contribution in [1.29, 1.82) is 0 Å². The van der Waals surface area contributed by atoms with Crippen LogP contribution in [0.4, 0.5) is 0 Å². The molecule has 0 fully saturated rings. The summed E-state index contributed by atoms with van der Waals surface area (Å²) < 4.78 is 0. The van der Waals surface area contributed by atoms with Gasteiger partial charge in [-0.1, -0.05) is 56.5 Å². The second-order valence-electron chi connectivity index (χ2n) is 5.51. The Balaban J connectivity index is 2.20. The van der Waals surface area contributed by atoms with Crippen molar-refractivity contribution in [2.24, 2.45) is 4.99 Å². The molecule has 0 saturated carbocycles. The van der Waals surface area contributed by atoms with E-state index in [2.05, 4.69) is 57.2 Å². The molecule has 1 radical (unpaired) electrons. The van der Waals surface area contributed by atoms with Gasteiger partial charge in [0, 0.05) is 17.3 Å². The zero-order valence-electron chi connectivity index (χ0n) is 12.8. The van der Waals surface area contributed by atoms with E-state index in [0.29, 0.717) is 6.04 Å². The zero-order valence-corrected chi connectivity index (χ0v) is 12.8. The minimum atomic E-state index is 0.407. The second kappa shape index (κ2) is 7.23. The van der Waals surface area contributed by atoms with Crippen LogP contribution in [0.2, 0.25) is 0 Å². The van der Waals surface area contributed by atoms with Gasteiger partial charge in [0.25, 0.3) is 0 Å². The Bertz CT molecular complexity index is 578. The molecule has 105 valence electrons. The van der Waals surface area contributed by atoms with Crippen LogP contribution in [0.25, 0.3) is 10.8 Å². The number of nitrogens with zero attached hydrogens (tertiary/aromatic N) is 1. The highest BCUT2D eigenvalue weighted by Gasteiger charge is 2.05. The molecule has 0 heterocycles. The summed E-state index contributed by atoms with van der Waals surface area (Å²) in [6.45, 7) is 6.58. The molecule has 0 aliphatic carbocycles. The summed E-state index contributed by atoms with van der Waals surface area (Å²) in [5.74, 6) is 0. The molecule has 1 heteroatoms. The number of hydrogen-bond donors (Lipinski definition) is 0. The fourth-order valence-corrected chi connectivity index (χ4v) is 2.63. The first-order valence-corrected chi connectivity index (χ1v) is 7.66. The molecule has 1 atom stereocenters. The average Bonchev–Trinajstić information content (AvgIpc) is 2.47. The number of fused-ring (bicyclic) bond motifs is 1. The quantitative estimate of drug-likeness (QED) is 0.489. The predicted octanol–water partition coefficient (Wildman–Crippen LogP) is 5.42. The maximum atomic E-state index is 4.87. The third-order valence-electron chi connectivity index (χ3n) is 3.76. The lowest BCUT2D eigenvalue weighted by Crippen LogP contribution is -2.04. The van der Waals surface area contributed by atoms with E-state index in [9.17, 15) is 0 Å². The Labute approximate surface area is 122 Å². The highest BCUT2D eigenvalue weighted by molar-refractivity contribution is 6.09. The van der Waals surface area contributed by atoms with Crippen LogP contribution in [0.5, 0.6) is 0 Å². The van der Waals surface area contributed by atoms with Gasteiger partial charge in [-0.2, -0.15) is 0 Å². The minimum absolute atomic E-state index is 0.407. The average molecular weight is 266 g/mol. The molecule has 0 saturated heterocycles. The SMILES string of the molecule is CCCCCC(C)N=C(C)c1cccc2cc[c]cc12. The lowest BCUT2D eigenvalue weighted by atomic mass is 10.0. The Morgan fingerprint density at radius 2 is 2.10 bits per heavy atom. The third kappa shape index (κ3) is 3.69. The van der Waals surface area contributed by atoms with Gasteiger partial charge in [-0.3, -0.25) is 4.99 Å². The van der Waals surface area contributed by atoms with E-state index in [4.69, 9.17) is 4.99 Å². The number of unbranched alkanes of at least 4 members (excludes halogenated alkanes) is 2. The maximum absolute atomic E-state index is 4.87. The Kier molecular flexibility index (Phi) is 5.34. The standard InChI is InChI=1S/C19H24N/c1-4-5-6-10-15(2)20-16(3)18-14-9-12-17-11-7-8-13-19(17)18/h7,9,11-15H,4-6,10H2,1-3H3. The van der Waals surface area contributed by atoms with Gasteiger partial charge in [-0.05, 0) is 43.2 Å². The van der Waals surface area contributed by atoms with Crippen LogP contribution in [-0.4, -0.2) is 11.8 Å². The molecular weight excluding hydrogens is 242 g/mol. The highest BCUT2D eigenvalue weighted by Crippen LogP contribution is 2.19. The van der Waals surface area contributed by atoms with Gasteiger partial charge in [-0.15, -0.1) is 0 Å². The van der Waals surface area contributed by atoms with Gasteiger partial charge in [0.1, 0.15) is 0 Å². The number of hydrogen-bond acceptors (Lipinski definition) is 1. The molecule has 2 aromatic rings. The van der Waals surface area contributed by atoms with Crippen molar-refractivity contribution >= 4 is 16.5 Å². The molecule has 1 unspecified atom stereocenters. The molecule has 0 aliphatic rings. The molecule has 0 bridgehead atoms. The van der Waals surface area contributed by atoms with E-state index in [0.717, 1.165) is 5.71 Å². The Morgan fingerprint density at radius 3 is 2.90 bits per heavy atom. The van der Waals surface area contributed by atoms with Gasteiger partial charge < -0.3 is 0 Å². The summed E-state index contributed by atoms with van der Waals surface area (Å²) in [6.07, 6.45) is 5.04. The van der Waals surface area contributed by atoms with E-state index < -0.39 is 0 Å². The molecule has 2 aromatic carbocycles. The van der Waals surface area contributed by atoms with Crippen LogP contribution in [0, 0.1) is 6.07 Å². The summed E-state index contributed by atoms with van der Waals surface area (Å²) in [4.78, 5) is 4.87. The van der Waals surface area contributed by atoms with Crippen LogP contribution < -0.4 is 0 Å². The second-order valence-corrected chi connectivity index (χ2v) is 5.51. The molecule has 20 heavy (non-hydrogen) atoms. The highest BCUT2D eigenvalue weighted by atomic mass is 14.8. The largest absolute Gasteiger partial charge is 0.286 e. The Hall–Kier alpha value is -1.63. The molecule has 0 aromatic heterocycles. The van der Waals surface area contributed by atoms with E-state index in [1.54, 1.807) is 0 Å². The van der Waals surface area contributed by atoms with Crippen molar-refractivity contribution < 1.29 is 0 Å². The van der Waals surface area contributed by atoms with Gasteiger partial charge in [-0.25, -0.2) is 0 Å². The molecule has 2 rings (SSSR count). The van der Waals surface area contributed by atoms with Gasteiger partial charge in [0.15, 0.2) is 0 Å². The first kappa shape index (κ1) is 14.8. The van der Waals surface area contributed by atoms with Crippen LogP contribution in [0.15, 0.2) is 41.4 Å². The summed E-state index contributed by atoms with van der Waals surface area (Å²) in [6, 6.07) is 16.1. The number of rotatable bonds is 6. The Morgan fingerprint density at radius 1 is 1.25 bits per heavy atom. The lowest BCUT2D eigenvalue weighted by Gasteiger charge is -2.10.